The van der Waals surface area contributed by atoms with Crippen molar-refractivity contribution in [3.05, 3.63) is 53.7 Å². The third-order valence-electron chi connectivity index (χ3n) is 3.23. The summed E-state index contributed by atoms with van der Waals surface area (Å²) in [7, 11) is 0. The number of thioether (sulfide) groups is 1. The van der Waals surface area contributed by atoms with E-state index in [9.17, 15) is 9.59 Å². The average Bonchev–Trinajstić information content (AvgIpc) is 2.58. The molecule has 2 rings (SSSR count). The van der Waals surface area contributed by atoms with Crippen LogP contribution in [0.5, 0.6) is 0 Å². The number of nitrogens with two attached hydrogens (primary N) is 1. The standard InChI is InChI=1S/C18H16N2O3S/c1-12(20)16(9-19)17(21)10-23-18(22)11-24-15-7-6-13-4-2-3-5-14(13)8-15/h2-8H,10-11,20H2,1H3/b16-12-. The maximum absolute atomic E-state index is 11.7. The van der Waals surface area contributed by atoms with Crippen LogP contribution in [0, 0.1) is 11.3 Å². The first-order valence-electron chi connectivity index (χ1n) is 7.18. The van der Waals surface area contributed by atoms with E-state index in [0.717, 1.165) is 15.7 Å². The molecule has 122 valence electrons. The summed E-state index contributed by atoms with van der Waals surface area (Å²) in [6, 6.07) is 15.6. The molecule has 0 fully saturated rings. The monoisotopic (exact) mass is 340 g/mol. The Morgan fingerprint density at radius 2 is 1.92 bits per heavy atom. The normalized spacial score (nSPS) is 11.5. The first-order chi connectivity index (χ1) is 11.5. The molecule has 0 heterocycles. The van der Waals surface area contributed by atoms with Crippen LogP contribution in [0.1, 0.15) is 6.92 Å². The zero-order valence-corrected chi connectivity index (χ0v) is 13.9. The minimum absolute atomic E-state index is 0.0822. The smallest absolute Gasteiger partial charge is 0.316 e. The number of ether oxygens (including phenoxy) is 1. The number of carbonyl (C=O) groups is 2. The Morgan fingerprint density at radius 1 is 1.21 bits per heavy atom. The SMILES string of the molecule is C/C(N)=C(\C#N)C(=O)COC(=O)CSc1ccc2ccccc2c1. The van der Waals surface area contributed by atoms with Crippen LogP contribution in [-0.2, 0) is 14.3 Å². The maximum Gasteiger partial charge on any atom is 0.316 e. The van der Waals surface area contributed by atoms with Crippen LogP contribution in [-0.4, -0.2) is 24.1 Å². The predicted octanol–water partition coefficient (Wildman–Crippen LogP) is 2.80. The molecule has 0 radical (unpaired) electrons. The Morgan fingerprint density at radius 3 is 2.58 bits per heavy atom. The molecule has 2 aromatic rings. The number of hydrogen-bond acceptors (Lipinski definition) is 6. The molecule has 6 heteroatoms. The van der Waals surface area contributed by atoms with Gasteiger partial charge in [-0.3, -0.25) is 9.59 Å². The van der Waals surface area contributed by atoms with Crippen LogP contribution in [0.3, 0.4) is 0 Å². The van der Waals surface area contributed by atoms with Crippen molar-refractivity contribution < 1.29 is 14.3 Å². The summed E-state index contributed by atoms with van der Waals surface area (Å²) < 4.78 is 4.90. The van der Waals surface area contributed by atoms with Crippen LogP contribution >= 0.6 is 11.8 Å². The fraction of sp³-hybridized carbons (Fsp3) is 0.167. The van der Waals surface area contributed by atoms with Gasteiger partial charge in [0.05, 0.1) is 5.75 Å². The van der Waals surface area contributed by atoms with Gasteiger partial charge in [0.1, 0.15) is 11.6 Å². The third kappa shape index (κ3) is 4.61. The van der Waals surface area contributed by atoms with Crippen molar-refractivity contribution in [2.45, 2.75) is 11.8 Å². The van der Waals surface area contributed by atoms with Crippen molar-refractivity contribution in [2.24, 2.45) is 5.73 Å². The number of benzene rings is 2. The second kappa shape index (κ2) is 8.18. The summed E-state index contributed by atoms with van der Waals surface area (Å²) in [5.74, 6) is -1.03. The highest BCUT2D eigenvalue weighted by molar-refractivity contribution is 8.00. The van der Waals surface area contributed by atoms with E-state index >= 15 is 0 Å². The number of ketones is 1. The molecular formula is C18H16N2O3S. The van der Waals surface area contributed by atoms with Gasteiger partial charge in [-0.15, -0.1) is 11.8 Å². The van der Waals surface area contributed by atoms with Crippen LogP contribution in [0.25, 0.3) is 10.8 Å². The molecule has 0 amide bonds. The van der Waals surface area contributed by atoms with Gasteiger partial charge in [-0.1, -0.05) is 30.3 Å². The second-order valence-electron chi connectivity index (χ2n) is 5.05. The fourth-order valence-electron chi connectivity index (χ4n) is 2.03. The quantitative estimate of drug-likeness (QED) is 0.376. The highest BCUT2D eigenvalue weighted by atomic mass is 32.2. The van der Waals surface area contributed by atoms with E-state index in [0.29, 0.717) is 0 Å². The third-order valence-corrected chi connectivity index (χ3v) is 4.19. The number of fused-ring (bicyclic) bond motifs is 1. The van der Waals surface area contributed by atoms with E-state index in [-0.39, 0.29) is 17.0 Å². The molecule has 0 aliphatic heterocycles. The van der Waals surface area contributed by atoms with Gasteiger partial charge in [0.15, 0.2) is 6.61 Å². The van der Waals surface area contributed by atoms with Crippen LogP contribution in [0.15, 0.2) is 58.6 Å². The average molecular weight is 340 g/mol. The lowest BCUT2D eigenvalue weighted by atomic mass is 10.1. The van der Waals surface area contributed by atoms with E-state index in [2.05, 4.69) is 0 Å². The van der Waals surface area contributed by atoms with Crippen LogP contribution < -0.4 is 5.73 Å². The predicted molar refractivity (Wildman–Crippen MR) is 93.1 cm³/mol. The minimum atomic E-state index is -0.596. The Bertz CT molecular complexity index is 849. The zero-order chi connectivity index (χ0) is 17.5. The Hall–Kier alpha value is -2.78. The molecule has 0 saturated heterocycles. The second-order valence-corrected chi connectivity index (χ2v) is 6.10. The van der Waals surface area contributed by atoms with Crippen molar-refractivity contribution in [2.75, 3.05) is 12.4 Å². The number of carbonyl (C=O) groups excluding carboxylic acids is 2. The zero-order valence-electron chi connectivity index (χ0n) is 13.1. The van der Waals surface area contributed by atoms with Gasteiger partial charge in [0.25, 0.3) is 0 Å². The molecule has 2 aromatic carbocycles. The molecule has 0 aliphatic carbocycles. The van der Waals surface area contributed by atoms with Gasteiger partial charge in [0, 0.05) is 10.6 Å². The van der Waals surface area contributed by atoms with E-state index in [4.69, 9.17) is 15.7 Å². The van der Waals surface area contributed by atoms with Gasteiger partial charge in [-0.05, 0) is 29.8 Å². The highest BCUT2D eigenvalue weighted by Gasteiger charge is 2.14. The lowest BCUT2D eigenvalue weighted by Gasteiger charge is -2.05. The molecule has 5 nitrogen and oxygen atoms in total. The molecule has 0 aliphatic rings. The van der Waals surface area contributed by atoms with Crippen molar-refractivity contribution in [3.8, 4) is 6.07 Å². The number of allylic oxidation sites excluding steroid dienone is 1. The van der Waals surface area contributed by atoms with Crippen LogP contribution in [0.4, 0.5) is 0 Å². The largest absolute Gasteiger partial charge is 0.457 e. The van der Waals surface area contributed by atoms with E-state index in [1.807, 2.05) is 42.5 Å². The summed E-state index contributed by atoms with van der Waals surface area (Å²) in [5, 5.41) is 11.0. The summed E-state index contributed by atoms with van der Waals surface area (Å²) in [4.78, 5) is 24.4. The summed E-state index contributed by atoms with van der Waals surface area (Å²) in [6.45, 7) is 0.975. The summed E-state index contributed by atoms with van der Waals surface area (Å²) >= 11 is 1.33. The van der Waals surface area contributed by atoms with Gasteiger partial charge in [-0.25, -0.2) is 0 Å². The van der Waals surface area contributed by atoms with Gasteiger partial charge in [0.2, 0.25) is 5.78 Å². The number of Topliss-reactive ketones (excluding diaryl/α,β-unsaturated/α-hetero) is 1. The molecule has 0 saturated carbocycles. The van der Waals surface area contributed by atoms with Gasteiger partial charge < -0.3 is 10.5 Å². The number of rotatable bonds is 6. The topological polar surface area (TPSA) is 93.2 Å². The molecule has 0 bridgehead atoms. The molecule has 24 heavy (non-hydrogen) atoms. The first kappa shape index (κ1) is 17.6. The van der Waals surface area contributed by atoms with E-state index in [1.165, 1.54) is 18.7 Å². The Balaban J connectivity index is 1.87. The number of nitrogens with zero attached hydrogens (tertiary/aromatic N) is 1. The van der Waals surface area contributed by atoms with Gasteiger partial charge in [-0.2, -0.15) is 5.26 Å². The van der Waals surface area contributed by atoms with Crippen molar-refractivity contribution in [3.63, 3.8) is 0 Å². The Kier molecular flexibility index (Phi) is 5.99. The first-order valence-corrected chi connectivity index (χ1v) is 8.16. The lowest BCUT2D eigenvalue weighted by Crippen LogP contribution is -2.18. The molecule has 0 aromatic heterocycles. The number of esters is 1. The highest BCUT2D eigenvalue weighted by Crippen LogP contribution is 2.23. The lowest BCUT2D eigenvalue weighted by molar-refractivity contribution is -0.144. The molecular weight excluding hydrogens is 324 g/mol. The van der Waals surface area contributed by atoms with E-state index in [1.54, 1.807) is 6.07 Å². The molecule has 0 atom stereocenters. The minimum Gasteiger partial charge on any atom is -0.457 e. The molecule has 2 N–H and O–H groups in total. The van der Waals surface area contributed by atoms with Crippen LogP contribution in [0.2, 0.25) is 0 Å². The van der Waals surface area contributed by atoms with Crippen molar-refractivity contribution in [1.29, 1.82) is 5.26 Å². The fourth-order valence-corrected chi connectivity index (χ4v) is 2.77. The van der Waals surface area contributed by atoms with Gasteiger partial charge >= 0.3 is 5.97 Å². The summed E-state index contributed by atoms with van der Waals surface area (Å²) in [5.41, 5.74) is 5.37. The summed E-state index contributed by atoms with van der Waals surface area (Å²) in [6.07, 6.45) is 0. The Labute approximate surface area is 144 Å². The number of nitriles is 1. The number of hydrogen-bond donors (Lipinski definition) is 1. The van der Waals surface area contributed by atoms with Crippen molar-refractivity contribution in [1.82, 2.24) is 0 Å². The maximum atomic E-state index is 11.7. The van der Waals surface area contributed by atoms with Crippen molar-refractivity contribution >= 4 is 34.3 Å². The molecule has 0 unspecified atom stereocenters. The van der Waals surface area contributed by atoms with E-state index < -0.39 is 18.4 Å². The molecule has 0 spiro atoms.